The molecule has 1 aromatic heterocycles. The lowest BCUT2D eigenvalue weighted by Crippen LogP contribution is -2.10. The molecule has 8 aromatic carbocycles. The summed E-state index contributed by atoms with van der Waals surface area (Å²) in [5.74, 6) is 0. The van der Waals surface area contributed by atoms with Crippen molar-refractivity contribution in [2.45, 2.75) is 0 Å². The van der Waals surface area contributed by atoms with Crippen LogP contribution in [0.1, 0.15) is 0 Å². The van der Waals surface area contributed by atoms with Gasteiger partial charge in [-0.2, -0.15) is 0 Å². The Morgan fingerprint density at radius 1 is 0.320 bits per heavy atom. The maximum absolute atomic E-state index is 6.62. The number of benzene rings is 8. The van der Waals surface area contributed by atoms with Crippen molar-refractivity contribution in [2.75, 3.05) is 4.90 Å². The van der Waals surface area contributed by atoms with Crippen molar-refractivity contribution in [1.82, 2.24) is 0 Å². The average Bonchev–Trinajstić information content (AvgIpc) is 3.59. The minimum absolute atomic E-state index is 0.863. The number of para-hydroxylation sites is 2. The molecule has 0 aliphatic carbocycles. The van der Waals surface area contributed by atoms with Gasteiger partial charge in [0.2, 0.25) is 0 Å². The SMILES string of the molecule is c1ccc(-c2ccccc2-c2ccc(N(c3cccc(-c4ccccc4-c4ccccc4)c3)c3cccc4c3oc3ccccc34)cc2)cc1. The van der Waals surface area contributed by atoms with Crippen molar-refractivity contribution in [2.24, 2.45) is 0 Å². The van der Waals surface area contributed by atoms with E-state index in [0.717, 1.165) is 44.6 Å². The summed E-state index contributed by atoms with van der Waals surface area (Å²) in [6.45, 7) is 0. The molecule has 0 saturated carbocycles. The second kappa shape index (κ2) is 12.8. The van der Waals surface area contributed by atoms with Crippen molar-refractivity contribution in [3.8, 4) is 44.5 Å². The van der Waals surface area contributed by atoms with E-state index in [2.05, 4.69) is 193 Å². The van der Waals surface area contributed by atoms with Crippen molar-refractivity contribution >= 4 is 39.0 Å². The summed E-state index contributed by atoms with van der Waals surface area (Å²) in [4.78, 5) is 2.33. The fourth-order valence-electron chi connectivity index (χ4n) is 7.15. The van der Waals surface area contributed by atoms with Gasteiger partial charge in [-0.3, -0.25) is 0 Å². The third-order valence-corrected chi connectivity index (χ3v) is 9.50. The summed E-state index contributed by atoms with van der Waals surface area (Å²) < 4.78 is 6.62. The van der Waals surface area contributed by atoms with Gasteiger partial charge in [0.05, 0.1) is 5.69 Å². The molecule has 0 fully saturated rings. The average molecular weight is 640 g/mol. The number of rotatable bonds is 7. The highest BCUT2D eigenvalue weighted by molar-refractivity contribution is 6.10. The topological polar surface area (TPSA) is 16.4 Å². The zero-order valence-electron chi connectivity index (χ0n) is 27.4. The standard InChI is InChI=1S/C48H33NO/c1-3-15-34(16-4-1)40-21-7-8-23-42(40)36-29-31-38(32-30-36)49(46-27-14-26-45-44-25-11-12-28-47(44)50-48(45)46)39-20-13-19-37(33-39)43-24-10-9-22-41(43)35-17-5-2-6-18-35/h1-33H. The monoisotopic (exact) mass is 639 g/mol. The van der Waals surface area contributed by atoms with E-state index in [1.54, 1.807) is 0 Å². The number of nitrogens with zero attached hydrogens (tertiary/aromatic N) is 1. The van der Waals surface area contributed by atoms with Gasteiger partial charge in [-0.1, -0.05) is 164 Å². The van der Waals surface area contributed by atoms with Gasteiger partial charge in [0.15, 0.2) is 5.58 Å². The van der Waals surface area contributed by atoms with Crippen LogP contribution in [0, 0.1) is 0 Å². The number of anilines is 3. The third-order valence-electron chi connectivity index (χ3n) is 9.50. The molecule has 0 aliphatic rings. The molecular weight excluding hydrogens is 607 g/mol. The molecule has 1 heterocycles. The predicted molar refractivity (Wildman–Crippen MR) is 210 cm³/mol. The number of furan rings is 1. The van der Waals surface area contributed by atoms with Crippen LogP contribution in [0.25, 0.3) is 66.4 Å². The second-order valence-electron chi connectivity index (χ2n) is 12.5. The molecule has 0 bridgehead atoms. The van der Waals surface area contributed by atoms with Crippen molar-refractivity contribution in [1.29, 1.82) is 0 Å². The molecule has 9 rings (SSSR count). The van der Waals surface area contributed by atoms with Crippen LogP contribution in [0.3, 0.4) is 0 Å². The zero-order chi connectivity index (χ0) is 33.3. The Morgan fingerprint density at radius 2 is 0.800 bits per heavy atom. The van der Waals surface area contributed by atoms with Crippen LogP contribution in [0.2, 0.25) is 0 Å². The van der Waals surface area contributed by atoms with Gasteiger partial charge in [0, 0.05) is 22.1 Å². The molecule has 0 aliphatic heterocycles. The van der Waals surface area contributed by atoms with E-state index in [9.17, 15) is 0 Å². The maximum atomic E-state index is 6.62. The molecule has 236 valence electrons. The van der Waals surface area contributed by atoms with Gasteiger partial charge >= 0.3 is 0 Å². The van der Waals surface area contributed by atoms with Gasteiger partial charge in [-0.05, 0) is 80.9 Å². The van der Waals surface area contributed by atoms with Crippen LogP contribution < -0.4 is 4.90 Å². The lowest BCUT2D eigenvalue weighted by Gasteiger charge is -2.26. The summed E-state index contributed by atoms with van der Waals surface area (Å²) in [7, 11) is 0. The normalized spacial score (nSPS) is 11.2. The summed E-state index contributed by atoms with van der Waals surface area (Å²) in [6, 6.07) is 71.0. The largest absolute Gasteiger partial charge is 0.454 e. The first kappa shape index (κ1) is 29.5. The van der Waals surface area contributed by atoms with Gasteiger partial charge in [0.25, 0.3) is 0 Å². The van der Waals surface area contributed by atoms with Crippen LogP contribution in [-0.4, -0.2) is 0 Å². The first-order chi connectivity index (χ1) is 24.8. The molecule has 2 nitrogen and oxygen atoms in total. The fourth-order valence-corrected chi connectivity index (χ4v) is 7.15. The highest BCUT2D eigenvalue weighted by Gasteiger charge is 2.20. The number of hydrogen-bond acceptors (Lipinski definition) is 2. The first-order valence-electron chi connectivity index (χ1n) is 17.0. The predicted octanol–water partition coefficient (Wildman–Crippen LogP) is 13.7. The summed E-state index contributed by atoms with van der Waals surface area (Å²) in [6.07, 6.45) is 0. The van der Waals surface area contributed by atoms with Crippen LogP contribution in [0.5, 0.6) is 0 Å². The van der Waals surface area contributed by atoms with Crippen molar-refractivity contribution in [3.63, 3.8) is 0 Å². The second-order valence-corrected chi connectivity index (χ2v) is 12.5. The molecule has 0 amide bonds. The van der Waals surface area contributed by atoms with Crippen LogP contribution >= 0.6 is 0 Å². The number of fused-ring (bicyclic) bond motifs is 3. The lowest BCUT2D eigenvalue weighted by atomic mass is 9.94. The fraction of sp³-hybridized carbons (Fsp3) is 0. The molecule has 0 saturated heterocycles. The van der Waals surface area contributed by atoms with E-state index in [1.807, 2.05) is 12.1 Å². The molecule has 2 heteroatoms. The van der Waals surface area contributed by atoms with Gasteiger partial charge < -0.3 is 9.32 Å². The molecule has 0 atom stereocenters. The van der Waals surface area contributed by atoms with Crippen molar-refractivity contribution in [3.05, 3.63) is 200 Å². The summed E-state index contributed by atoms with van der Waals surface area (Å²) in [5, 5.41) is 2.21. The summed E-state index contributed by atoms with van der Waals surface area (Å²) in [5.41, 5.74) is 14.4. The molecule has 0 spiro atoms. The first-order valence-corrected chi connectivity index (χ1v) is 17.0. The van der Waals surface area contributed by atoms with Crippen LogP contribution in [0.4, 0.5) is 17.1 Å². The highest BCUT2D eigenvalue weighted by atomic mass is 16.3. The van der Waals surface area contributed by atoms with E-state index in [1.165, 1.54) is 38.9 Å². The molecule has 50 heavy (non-hydrogen) atoms. The Hall–Kier alpha value is -6.64. The van der Waals surface area contributed by atoms with E-state index in [0.29, 0.717) is 0 Å². The van der Waals surface area contributed by atoms with E-state index in [-0.39, 0.29) is 0 Å². The molecule has 0 radical (unpaired) electrons. The van der Waals surface area contributed by atoms with Crippen molar-refractivity contribution < 1.29 is 4.42 Å². The molecule has 0 N–H and O–H groups in total. The quantitative estimate of drug-likeness (QED) is 0.173. The van der Waals surface area contributed by atoms with E-state index in [4.69, 9.17) is 4.42 Å². The Morgan fingerprint density at radius 3 is 1.44 bits per heavy atom. The minimum Gasteiger partial charge on any atom is -0.454 e. The highest BCUT2D eigenvalue weighted by Crippen LogP contribution is 2.44. The smallest absolute Gasteiger partial charge is 0.159 e. The van der Waals surface area contributed by atoms with Gasteiger partial charge in [-0.15, -0.1) is 0 Å². The Labute approximate surface area is 292 Å². The third kappa shape index (κ3) is 5.34. The lowest BCUT2D eigenvalue weighted by molar-refractivity contribution is 0.669. The Balaban J connectivity index is 1.21. The minimum atomic E-state index is 0.863. The van der Waals surface area contributed by atoms with Gasteiger partial charge in [0.1, 0.15) is 5.58 Å². The van der Waals surface area contributed by atoms with E-state index >= 15 is 0 Å². The zero-order valence-corrected chi connectivity index (χ0v) is 27.4. The van der Waals surface area contributed by atoms with E-state index < -0.39 is 0 Å². The van der Waals surface area contributed by atoms with Crippen LogP contribution in [-0.2, 0) is 0 Å². The molecule has 0 unspecified atom stereocenters. The Kier molecular flexibility index (Phi) is 7.53. The number of hydrogen-bond donors (Lipinski definition) is 0. The Bertz CT molecular complexity index is 2580. The maximum Gasteiger partial charge on any atom is 0.159 e. The molecular formula is C48H33NO. The van der Waals surface area contributed by atoms with Gasteiger partial charge in [-0.25, -0.2) is 0 Å². The molecule has 9 aromatic rings. The summed E-state index contributed by atoms with van der Waals surface area (Å²) >= 11 is 0. The van der Waals surface area contributed by atoms with Crippen LogP contribution in [0.15, 0.2) is 205 Å².